The minimum absolute atomic E-state index is 0.399. The quantitative estimate of drug-likeness (QED) is 0.625. The molecule has 0 aromatic heterocycles. The zero-order valence-electron chi connectivity index (χ0n) is 7.63. The molecular formula is C9H18O2. The maximum atomic E-state index is 9.88. The molecule has 1 heterocycles. The molecule has 1 saturated heterocycles. The lowest BCUT2D eigenvalue weighted by Gasteiger charge is -2.39. The molecule has 2 atom stereocenters. The van der Waals surface area contributed by atoms with Crippen molar-refractivity contribution in [1.29, 1.82) is 0 Å². The summed E-state index contributed by atoms with van der Waals surface area (Å²) < 4.78 is 5.22. The van der Waals surface area contributed by atoms with Crippen molar-refractivity contribution in [2.45, 2.75) is 32.8 Å². The Kier molecular flexibility index (Phi) is 2.55. The fourth-order valence-electron chi connectivity index (χ4n) is 1.96. The van der Waals surface area contributed by atoms with Crippen LogP contribution in [0.2, 0.25) is 0 Å². The third kappa shape index (κ3) is 1.94. The van der Waals surface area contributed by atoms with Crippen LogP contribution in [0.3, 0.4) is 0 Å². The van der Waals surface area contributed by atoms with Crippen molar-refractivity contribution in [3.8, 4) is 0 Å². The zero-order chi connectivity index (χ0) is 8.48. The molecule has 0 saturated carbocycles. The number of aliphatic hydroxyl groups is 1. The highest BCUT2D eigenvalue weighted by atomic mass is 16.5. The first-order valence-electron chi connectivity index (χ1n) is 4.34. The van der Waals surface area contributed by atoms with Gasteiger partial charge in [0.2, 0.25) is 0 Å². The Balaban J connectivity index is 2.60. The maximum Gasteiger partial charge on any atom is 0.0883 e. The Hall–Kier alpha value is -0.0800. The molecule has 0 radical (unpaired) electrons. The lowest BCUT2D eigenvalue weighted by Crippen LogP contribution is -2.46. The van der Waals surface area contributed by atoms with Gasteiger partial charge in [0, 0.05) is 6.61 Å². The molecule has 2 unspecified atom stereocenters. The summed E-state index contributed by atoms with van der Waals surface area (Å²) in [5.41, 5.74) is -0.605. The van der Waals surface area contributed by atoms with E-state index in [1.54, 1.807) is 0 Å². The van der Waals surface area contributed by atoms with Crippen LogP contribution >= 0.6 is 0 Å². The van der Waals surface area contributed by atoms with E-state index in [1.807, 2.05) is 6.92 Å². The van der Waals surface area contributed by atoms with Crippen LogP contribution in [0.4, 0.5) is 0 Å². The number of rotatable bonds is 1. The van der Waals surface area contributed by atoms with Gasteiger partial charge in [-0.05, 0) is 25.2 Å². The van der Waals surface area contributed by atoms with Gasteiger partial charge in [-0.1, -0.05) is 13.8 Å². The molecule has 1 rings (SSSR count). The van der Waals surface area contributed by atoms with Crippen molar-refractivity contribution in [3.63, 3.8) is 0 Å². The second-order valence-electron chi connectivity index (χ2n) is 4.05. The second kappa shape index (κ2) is 3.11. The van der Waals surface area contributed by atoms with Crippen LogP contribution in [0.1, 0.15) is 27.2 Å². The monoisotopic (exact) mass is 158 g/mol. The number of hydrogen-bond donors (Lipinski definition) is 1. The van der Waals surface area contributed by atoms with Crippen molar-refractivity contribution in [2.75, 3.05) is 13.2 Å². The van der Waals surface area contributed by atoms with E-state index >= 15 is 0 Å². The zero-order valence-corrected chi connectivity index (χ0v) is 7.63. The minimum Gasteiger partial charge on any atom is -0.387 e. The summed E-state index contributed by atoms with van der Waals surface area (Å²) in [4.78, 5) is 0. The van der Waals surface area contributed by atoms with Gasteiger partial charge >= 0.3 is 0 Å². The topological polar surface area (TPSA) is 29.5 Å². The van der Waals surface area contributed by atoms with E-state index in [9.17, 15) is 5.11 Å². The summed E-state index contributed by atoms with van der Waals surface area (Å²) in [7, 11) is 0. The van der Waals surface area contributed by atoms with Gasteiger partial charge in [0.25, 0.3) is 0 Å². The van der Waals surface area contributed by atoms with E-state index in [1.165, 1.54) is 0 Å². The second-order valence-corrected chi connectivity index (χ2v) is 4.05. The molecule has 0 aromatic carbocycles. The van der Waals surface area contributed by atoms with Crippen molar-refractivity contribution in [1.82, 2.24) is 0 Å². The summed E-state index contributed by atoms with van der Waals surface area (Å²) in [6.45, 7) is 7.49. The molecule has 0 bridgehead atoms. The van der Waals surface area contributed by atoms with Crippen molar-refractivity contribution < 1.29 is 9.84 Å². The average molecular weight is 158 g/mol. The van der Waals surface area contributed by atoms with E-state index in [-0.39, 0.29) is 0 Å². The molecular weight excluding hydrogens is 140 g/mol. The van der Waals surface area contributed by atoms with E-state index in [0.29, 0.717) is 18.4 Å². The van der Waals surface area contributed by atoms with Crippen molar-refractivity contribution in [3.05, 3.63) is 0 Å². The van der Waals surface area contributed by atoms with Crippen LogP contribution in [0.15, 0.2) is 0 Å². The standard InChI is InChI=1S/C9H18O2/c1-7(2)8-4-5-11-6-9(8,3)10/h7-8,10H,4-6H2,1-3H3. The average Bonchev–Trinajstić information content (AvgIpc) is 1.85. The first-order chi connectivity index (χ1) is 5.04. The van der Waals surface area contributed by atoms with Gasteiger partial charge in [-0.25, -0.2) is 0 Å². The lowest BCUT2D eigenvalue weighted by molar-refractivity contribution is -0.126. The molecule has 1 aliphatic rings. The van der Waals surface area contributed by atoms with Gasteiger partial charge in [-0.2, -0.15) is 0 Å². The van der Waals surface area contributed by atoms with Gasteiger partial charge < -0.3 is 9.84 Å². The molecule has 2 heteroatoms. The largest absolute Gasteiger partial charge is 0.387 e. The Morgan fingerprint density at radius 1 is 1.55 bits per heavy atom. The van der Waals surface area contributed by atoms with Crippen LogP contribution in [0.5, 0.6) is 0 Å². The fraction of sp³-hybridized carbons (Fsp3) is 1.00. The van der Waals surface area contributed by atoms with E-state index in [0.717, 1.165) is 13.0 Å². The van der Waals surface area contributed by atoms with Crippen LogP contribution in [0.25, 0.3) is 0 Å². The smallest absolute Gasteiger partial charge is 0.0883 e. The molecule has 0 spiro atoms. The number of ether oxygens (including phenoxy) is 1. The molecule has 1 fully saturated rings. The first kappa shape index (κ1) is 9.01. The molecule has 0 aromatic rings. The van der Waals surface area contributed by atoms with Gasteiger partial charge in [0.05, 0.1) is 12.2 Å². The maximum absolute atomic E-state index is 9.88. The lowest BCUT2D eigenvalue weighted by atomic mass is 9.78. The molecule has 1 N–H and O–H groups in total. The van der Waals surface area contributed by atoms with Crippen LogP contribution in [-0.4, -0.2) is 23.9 Å². The SMILES string of the molecule is CC(C)C1CCOCC1(C)O. The molecule has 2 nitrogen and oxygen atoms in total. The Bertz CT molecular complexity index is 130. The summed E-state index contributed by atoms with van der Waals surface area (Å²) in [5.74, 6) is 0.949. The van der Waals surface area contributed by atoms with E-state index in [2.05, 4.69) is 13.8 Å². The van der Waals surface area contributed by atoms with Crippen LogP contribution in [0, 0.1) is 11.8 Å². The highest BCUT2D eigenvalue weighted by molar-refractivity contribution is 4.86. The van der Waals surface area contributed by atoms with Crippen molar-refractivity contribution in [2.24, 2.45) is 11.8 Å². The fourth-order valence-corrected chi connectivity index (χ4v) is 1.96. The van der Waals surface area contributed by atoms with Crippen LogP contribution < -0.4 is 0 Å². The van der Waals surface area contributed by atoms with Gasteiger partial charge in [-0.3, -0.25) is 0 Å². The van der Waals surface area contributed by atoms with E-state index < -0.39 is 5.60 Å². The van der Waals surface area contributed by atoms with Crippen molar-refractivity contribution >= 4 is 0 Å². The van der Waals surface area contributed by atoms with Gasteiger partial charge in [0.1, 0.15) is 0 Å². The number of hydrogen-bond acceptors (Lipinski definition) is 2. The third-order valence-corrected chi connectivity index (χ3v) is 2.57. The Morgan fingerprint density at radius 2 is 2.18 bits per heavy atom. The highest BCUT2D eigenvalue weighted by Crippen LogP contribution is 2.31. The van der Waals surface area contributed by atoms with Gasteiger partial charge in [0.15, 0.2) is 0 Å². The summed E-state index contributed by atoms with van der Waals surface area (Å²) >= 11 is 0. The predicted molar refractivity (Wildman–Crippen MR) is 44.4 cm³/mol. The first-order valence-corrected chi connectivity index (χ1v) is 4.34. The Labute approximate surface area is 68.6 Å². The minimum atomic E-state index is -0.605. The van der Waals surface area contributed by atoms with Crippen LogP contribution in [-0.2, 0) is 4.74 Å². The predicted octanol–water partition coefficient (Wildman–Crippen LogP) is 1.43. The van der Waals surface area contributed by atoms with E-state index in [4.69, 9.17) is 4.74 Å². The highest BCUT2D eigenvalue weighted by Gasteiger charge is 2.36. The molecule has 0 aliphatic carbocycles. The summed E-state index contributed by atoms with van der Waals surface area (Å²) in [6.07, 6.45) is 0.991. The molecule has 0 amide bonds. The molecule has 1 aliphatic heterocycles. The third-order valence-electron chi connectivity index (χ3n) is 2.57. The summed E-state index contributed by atoms with van der Waals surface area (Å²) in [5, 5.41) is 9.88. The molecule has 66 valence electrons. The molecule has 11 heavy (non-hydrogen) atoms. The Morgan fingerprint density at radius 3 is 2.55 bits per heavy atom. The van der Waals surface area contributed by atoms with Gasteiger partial charge in [-0.15, -0.1) is 0 Å². The normalized spacial score (nSPS) is 39.5. The summed E-state index contributed by atoms with van der Waals surface area (Å²) in [6, 6.07) is 0.